The number of halogens is 7. The summed E-state index contributed by atoms with van der Waals surface area (Å²) < 4.78 is 61.6. The fourth-order valence-corrected chi connectivity index (χ4v) is 6.37. The molecule has 1 aliphatic heterocycles. The molecule has 0 aromatic carbocycles. The standard InChI is InChI=1S/C35H70ClN2.F6P/c1-3-5-7-9-11-13-15-17-19-21-23-25-27-29-31-37-33-34-38(35(37)36)32-30-28-26-24-22-20-18-16-14-12-10-8-6-4-2;1-7(2,3,4,5)6/h3-34H2,1-2H3;/q+1;-1. The Morgan fingerprint density at radius 3 is 1.07 bits per heavy atom. The van der Waals surface area contributed by atoms with Crippen molar-refractivity contribution in [2.75, 3.05) is 26.2 Å². The Balaban J connectivity index is 0.00000246. The monoisotopic (exact) mass is 698 g/mol. The summed E-state index contributed by atoms with van der Waals surface area (Å²) in [6, 6.07) is 0. The van der Waals surface area contributed by atoms with Gasteiger partial charge in [0.15, 0.2) is 0 Å². The van der Waals surface area contributed by atoms with Gasteiger partial charge in [0.25, 0.3) is 0 Å². The SMILES string of the molecule is CCCCCCCCCCCCCCCCN1CC[N+](CCCCCCCCCCCCCCCC)=C1Cl.F[P-](F)(F)(F)(F)F. The second-order valence-corrected chi connectivity index (χ2v) is 15.6. The van der Waals surface area contributed by atoms with Crippen molar-refractivity contribution in [1.29, 1.82) is 0 Å². The van der Waals surface area contributed by atoms with Crippen LogP contribution in [0.5, 0.6) is 0 Å². The van der Waals surface area contributed by atoms with Gasteiger partial charge in [-0.05, 0) is 25.7 Å². The van der Waals surface area contributed by atoms with Crippen molar-refractivity contribution in [2.24, 2.45) is 0 Å². The van der Waals surface area contributed by atoms with Crippen LogP contribution in [0.25, 0.3) is 0 Å². The molecule has 1 rings (SSSR count). The van der Waals surface area contributed by atoms with E-state index in [1.807, 2.05) is 0 Å². The molecule has 2 nitrogen and oxygen atoms in total. The Hall–Kier alpha value is -0.230. The van der Waals surface area contributed by atoms with E-state index >= 15 is 0 Å². The van der Waals surface area contributed by atoms with Crippen LogP contribution in [0.2, 0.25) is 0 Å². The summed E-state index contributed by atoms with van der Waals surface area (Å²) in [6.45, 7) is 9.19. The van der Waals surface area contributed by atoms with Gasteiger partial charge in [-0.2, -0.15) is 0 Å². The van der Waals surface area contributed by atoms with E-state index in [9.17, 15) is 25.2 Å². The molecule has 0 N–H and O–H groups in total. The average Bonchev–Trinajstić information content (AvgIpc) is 3.30. The summed E-state index contributed by atoms with van der Waals surface area (Å²) in [6.07, 6.45) is 39.9. The van der Waals surface area contributed by atoms with Crippen molar-refractivity contribution in [1.82, 2.24) is 4.90 Å². The first kappa shape index (κ1) is 44.8. The molecule has 0 saturated heterocycles. The maximum atomic E-state index is 9.87. The third-order valence-electron chi connectivity index (χ3n) is 8.72. The predicted molar refractivity (Wildman–Crippen MR) is 187 cm³/mol. The van der Waals surface area contributed by atoms with Gasteiger partial charge in [0, 0.05) is 11.6 Å². The number of hydrogen-bond acceptors (Lipinski definition) is 1. The fourth-order valence-electron chi connectivity index (χ4n) is 6.03. The molecule has 1 heterocycles. The summed E-state index contributed by atoms with van der Waals surface area (Å²) in [4.78, 5) is 2.44. The quantitative estimate of drug-likeness (QED) is 0.0238. The second kappa shape index (κ2) is 25.7. The first-order chi connectivity index (χ1) is 21.2. The molecule has 0 radical (unpaired) electrons. The first-order valence-corrected chi connectivity index (χ1v) is 21.2. The van der Waals surface area contributed by atoms with E-state index in [1.165, 1.54) is 180 Å². The predicted octanol–water partition coefficient (Wildman–Crippen LogP) is 15.3. The van der Waals surface area contributed by atoms with Crippen LogP contribution in [0.4, 0.5) is 25.2 Å². The van der Waals surface area contributed by atoms with Crippen LogP contribution in [0, 0.1) is 0 Å². The molecular weight excluding hydrogens is 629 g/mol. The Labute approximate surface area is 278 Å². The van der Waals surface area contributed by atoms with Crippen LogP contribution in [-0.4, -0.2) is 40.9 Å². The Morgan fingerprint density at radius 2 is 0.756 bits per heavy atom. The maximum absolute atomic E-state index is 10.7. The van der Waals surface area contributed by atoms with E-state index in [0.717, 1.165) is 31.5 Å². The van der Waals surface area contributed by atoms with E-state index in [2.05, 4.69) is 23.3 Å². The van der Waals surface area contributed by atoms with Crippen LogP contribution in [-0.2, 0) is 0 Å². The van der Waals surface area contributed by atoms with Crippen molar-refractivity contribution in [3.8, 4) is 0 Å². The van der Waals surface area contributed by atoms with Crippen LogP contribution in [0.3, 0.4) is 0 Å². The Bertz CT molecular complexity index is 707. The van der Waals surface area contributed by atoms with Gasteiger partial charge < -0.3 is 0 Å². The van der Waals surface area contributed by atoms with E-state index in [1.54, 1.807) is 0 Å². The number of nitrogens with zero attached hydrogens (tertiary/aromatic N) is 2. The van der Waals surface area contributed by atoms with Crippen molar-refractivity contribution in [3.63, 3.8) is 0 Å². The second-order valence-electron chi connectivity index (χ2n) is 13.4. The number of rotatable bonds is 30. The van der Waals surface area contributed by atoms with Gasteiger partial charge in [-0.3, -0.25) is 0 Å². The van der Waals surface area contributed by atoms with Gasteiger partial charge >= 0.3 is 38.3 Å². The van der Waals surface area contributed by atoms with Crippen molar-refractivity contribution in [2.45, 2.75) is 194 Å². The number of hydrogen-bond donors (Lipinski definition) is 0. The molecule has 0 spiro atoms. The third kappa shape index (κ3) is 38.1. The summed E-state index contributed by atoms with van der Waals surface area (Å²) in [7, 11) is -10.7. The average molecular weight is 699 g/mol. The minimum atomic E-state index is -10.7. The van der Waals surface area contributed by atoms with Gasteiger partial charge in [-0.1, -0.05) is 168 Å². The molecule has 0 aromatic heterocycles. The molecular formula is C35H70ClF6N2P. The van der Waals surface area contributed by atoms with Crippen LogP contribution < -0.4 is 0 Å². The molecule has 0 aliphatic carbocycles. The van der Waals surface area contributed by atoms with Crippen LogP contribution in [0.1, 0.15) is 194 Å². The van der Waals surface area contributed by atoms with Crippen molar-refractivity contribution < 1.29 is 29.8 Å². The summed E-state index contributed by atoms with van der Waals surface area (Å²) in [5, 5.41) is 1.04. The van der Waals surface area contributed by atoms with Gasteiger partial charge in [0.05, 0.1) is 13.1 Å². The molecule has 0 aromatic rings. The van der Waals surface area contributed by atoms with Crippen LogP contribution >= 0.6 is 19.4 Å². The Kier molecular flexibility index (Phi) is 25.6. The van der Waals surface area contributed by atoms with E-state index in [-0.39, 0.29) is 0 Å². The normalized spacial score (nSPS) is 15.3. The van der Waals surface area contributed by atoms with Crippen molar-refractivity contribution in [3.05, 3.63) is 0 Å². The molecule has 0 bridgehead atoms. The van der Waals surface area contributed by atoms with Gasteiger partial charge in [0.2, 0.25) is 0 Å². The zero-order valence-electron chi connectivity index (χ0n) is 29.1. The zero-order chi connectivity index (χ0) is 33.8. The molecule has 0 amide bonds. The van der Waals surface area contributed by atoms with Crippen LogP contribution in [0.15, 0.2) is 0 Å². The van der Waals surface area contributed by atoms with Gasteiger partial charge in [0.1, 0.15) is 13.1 Å². The summed E-state index contributed by atoms with van der Waals surface area (Å²) in [5.41, 5.74) is 0. The first-order valence-electron chi connectivity index (χ1n) is 18.8. The molecule has 0 fully saturated rings. The molecule has 0 unspecified atom stereocenters. The zero-order valence-corrected chi connectivity index (χ0v) is 30.8. The number of unbranched alkanes of at least 4 members (excludes halogenated alkanes) is 26. The van der Waals surface area contributed by atoms with E-state index < -0.39 is 7.81 Å². The molecule has 1 aliphatic rings. The van der Waals surface area contributed by atoms with Gasteiger partial charge in [-0.15, -0.1) is 0 Å². The summed E-state index contributed by atoms with van der Waals surface area (Å²) in [5.74, 6) is 0. The number of amidine groups is 1. The Morgan fingerprint density at radius 1 is 0.489 bits per heavy atom. The molecule has 274 valence electrons. The minimum absolute atomic E-state index is 1.04. The molecule has 0 atom stereocenters. The summed E-state index contributed by atoms with van der Waals surface area (Å²) >= 11 is 6.73. The fraction of sp³-hybridized carbons (Fsp3) is 0.971. The third-order valence-corrected chi connectivity index (χ3v) is 9.20. The van der Waals surface area contributed by atoms with E-state index in [4.69, 9.17) is 11.6 Å². The molecule has 10 heteroatoms. The van der Waals surface area contributed by atoms with Crippen molar-refractivity contribution >= 4 is 24.7 Å². The molecule has 45 heavy (non-hydrogen) atoms. The van der Waals surface area contributed by atoms with Gasteiger partial charge in [-0.25, -0.2) is 9.48 Å². The topological polar surface area (TPSA) is 6.25 Å². The van der Waals surface area contributed by atoms with E-state index in [0.29, 0.717) is 0 Å². The molecule has 0 saturated carbocycles.